The molecule has 0 aromatic rings. The first kappa shape index (κ1) is 8.77. The zero-order valence-corrected chi connectivity index (χ0v) is 7.39. The lowest BCUT2D eigenvalue weighted by atomic mass is 10.8. The Balaban J connectivity index is 3.75. The Morgan fingerprint density at radius 3 is 1.56 bits per heavy atom. The second-order valence-electron chi connectivity index (χ2n) is 1.74. The minimum atomic E-state index is 0.680. The molecule has 0 aliphatic carbocycles. The molecular formula is C6H13N2P. The minimum Gasteiger partial charge on any atom is -0.293 e. The van der Waals surface area contributed by atoms with Gasteiger partial charge in [0, 0.05) is 25.0 Å². The van der Waals surface area contributed by atoms with Crippen molar-refractivity contribution in [2.75, 3.05) is 14.1 Å². The van der Waals surface area contributed by atoms with Crippen LogP contribution in [0.4, 0.5) is 0 Å². The summed E-state index contributed by atoms with van der Waals surface area (Å²) in [7, 11) is 4.30. The van der Waals surface area contributed by atoms with Crippen molar-refractivity contribution in [3.05, 3.63) is 0 Å². The van der Waals surface area contributed by atoms with Gasteiger partial charge in [0.25, 0.3) is 0 Å². The first-order valence-corrected chi connectivity index (χ1v) is 3.84. The fourth-order valence-electron chi connectivity index (χ4n) is 0.374. The Bertz CT molecular complexity index is 122. The Morgan fingerprint density at radius 2 is 1.33 bits per heavy atom. The summed E-state index contributed by atoms with van der Waals surface area (Å²) in [5.41, 5.74) is 2.33. The van der Waals surface area contributed by atoms with E-state index in [9.17, 15) is 0 Å². The largest absolute Gasteiger partial charge is 0.293 e. The van der Waals surface area contributed by atoms with Gasteiger partial charge < -0.3 is 0 Å². The molecule has 9 heavy (non-hydrogen) atoms. The van der Waals surface area contributed by atoms with Crippen LogP contribution in [0.15, 0.2) is 9.98 Å². The van der Waals surface area contributed by atoms with Gasteiger partial charge >= 0.3 is 0 Å². The normalized spacial score (nSPS) is 15.6. The summed E-state index contributed by atoms with van der Waals surface area (Å²) in [5.74, 6) is 0. The van der Waals surface area contributed by atoms with Crippen LogP contribution in [0.5, 0.6) is 0 Å². The van der Waals surface area contributed by atoms with Crippen LogP contribution in [-0.4, -0.2) is 25.0 Å². The van der Waals surface area contributed by atoms with E-state index in [0.717, 1.165) is 10.9 Å². The van der Waals surface area contributed by atoms with Crippen molar-refractivity contribution in [3.8, 4) is 0 Å². The van der Waals surface area contributed by atoms with Crippen molar-refractivity contribution in [2.24, 2.45) is 9.98 Å². The SMILES string of the molecule is CN=C(C)PC(C)=NC. The first-order chi connectivity index (χ1) is 4.20. The van der Waals surface area contributed by atoms with E-state index in [0.29, 0.717) is 8.58 Å². The Labute approximate surface area is 58.3 Å². The predicted molar refractivity (Wildman–Crippen MR) is 46.4 cm³/mol. The molecule has 2 nitrogen and oxygen atoms in total. The second kappa shape index (κ2) is 4.63. The standard InChI is InChI=1S/C6H13N2P/c1-5(7-3)9-6(2)8-4/h9H,1-4H3. The van der Waals surface area contributed by atoms with Crippen LogP contribution in [0.25, 0.3) is 0 Å². The van der Waals surface area contributed by atoms with Gasteiger partial charge in [0.2, 0.25) is 0 Å². The van der Waals surface area contributed by atoms with Gasteiger partial charge in [-0.2, -0.15) is 0 Å². The molecule has 0 aromatic heterocycles. The van der Waals surface area contributed by atoms with Crippen LogP contribution in [0.3, 0.4) is 0 Å². The number of nitrogens with zero attached hydrogens (tertiary/aromatic N) is 2. The third-order valence-corrected chi connectivity index (χ3v) is 2.20. The second-order valence-corrected chi connectivity index (χ2v) is 3.44. The molecule has 52 valence electrons. The minimum absolute atomic E-state index is 0.680. The van der Waals surface area contributed by atoms with Crippen molar-refractivity contribution in [3.63, 3.8) is 0 Å². The summed E-state index contributed by atoms with van der Waals surface area (Å²) in [6.07, 6.45) is 0. The van der Waals surface area contributed by atoms with Crippen LogP contribution in [-0.2, 0) is 0 Å². The summed E-state index contributed by atoms with van der Waals surface area (Å²) in [4.78, 5) is 8.05. The highest BCUT2D eigenvalue weighted by Gasteiger charge is 1.90. The van der Waals surface area contributed by atoms with E-state index in [1.54, 1.807) is 0 Å². The molecule has 0 aliphatic heterocycles. The van der Waals surface area contributed by atoms with Gasteiger partial charge in [-0.3, -0.25) is 9.98 Å². The molecule has 0 saturated heterocycles. The summed E-state index contributed by atoms with van der Waals surface area (Å²) in [6.45, 7) is 4.04. The quantitative estimate of drug-likeness (QED) is 0.416. The molecule has 0 unspecified atom stereocenters. The molecule has 0 atom stereocenters. The number of rotatable bonds is 2. The van der Waals surface area contributed by atoms with E-state index in [4.69, 9.17) is 0 Å². The van der Waals surface area contributed by atoms with Crippen LogP contribution < -0.4 is 0 Å². The predicted octanol–water partition coefficient (Wildman–Crippen LogP) is 1.76. The number of hydrogen-bond acceptors (Lipinski definition) is 2. The van der Waals surface area contributed by atoms with Gasteiger partial charge in [-0.05, 0) is 22.4 Å². The Hall–Kier alpha value is -0.230. The van der Waals surface area contributed by atoms with E-state index in [1.807, 2.05) is 27.9 Å². The van der Waals surface area contributed by atoms with E-state index >= 15 is 0 Å². The monoisotopic (exact) mass is 144 g/mol. The van der Waals surface area contributed by atoms with Crippen molar-refractivity contribution < 1.29 is 0 Å². The van der Waals surface area contributed by atoms with Gasteiger partial charge in [-0.25, -0.2) is 0 Å². The first-order valence-electron chi connectivity index (χ1n) is 2.84. The lowest BCUT2D eigenvalue weighted by Gasteiger charge is -1.95. The zero-order chi connectivity index (χ0) is 7.28. The molecule has 0 aliphatic rings. The average molecular weight is 144 g/mol. The molecule has 0 spiro atoms. The molecule has 0 fully saturated rings. The van der Waals surface area contributed by atoms with Crippen molar-refractivity contribution in [1.29, 1.82) is 0 Å². The summed E-state index contributed by atoms with van der Waals surface area (Å²) in [5, 5.41) is 0. The molecule has 3 heteroatoms. The van der Waals surface area contributed by atoms with Gasteiger partial charge in [-0.15, -0.1) is 0 Å². The number of hydrogen-bond donors (Lipinski definition) is 0. The van der Waals surface area contributed by atoms with Crippen LogP contribution in [0.1, 0.15) is 13.8 Å². The van der Waals surface area contributed by atoms with Crippen molar-refractivity contribution in [2.45, 2.75) is 13.8 Å². The van der Waals surface area contributed by atoms with Crippen LogP contribution in [0, 0.1) is 0 Å². The average Bonchev–Trinajstić information content (AvgIpc) is 1.87. The summed E-state index contributed by atoms with van der Waals surface area (Å²) in [6, 6.07) is 0. The molecule has 0 N–H and O–H groups in total. The van der Waals surface area contributed by atoms with Gasteiger partial charge in [0.1, 0.15) is 0 Å². The van der Waals surface area contributed by atoms with Gasteiger partial charge in [-0.1, -0.05) is 0 Å². The van der Waals surface area contributed by atoms with E-state index in [2.05, 4.69) is 9.98 Å². The third-order valence-electron chi connectivity index (χ3n) is 1.03. The topological polar surface area (TPSA) is 24.7 Å². The lowest BCUT2D eigenvalue weighted by molar-refractivity contribution is 1.44. The van der Waals surface area contributed by atoms with Crippen molar-refractivity contribution >= 4 is 19.5 Å². The van der Waals surface area contributed by atoms with Gasteiger partial charge in [0.05, 0.1) is 0 Å². The zero-order valence-electron chi connectivity index (χ0n) is 6.39. The summed E-state index contributed by atoms with van der Waals surface area (Å²) >= 11 is 0. The molecule has 0 heterocycles. The highest BCUT2D eigenvalue weighted by molar-refractivity contribution is 7.74. The van der Waals surface area contributed by atoms with Crippen LogP contribution in [0.2, 0.25) is 0 Å². The van der Waals surface area contributed by atoms with Crippen molar-refractivity contribution in [1.82, 2.24) is 0 Å². The maximum atomic E-state index is 4.02. The molecule has 0 amide bonds. The third kappa shape index (κ3) is 4.28. The van der Waals surface area contributed by atoms with E-state index in [1.165, 1.54) is 0 Å². The molecule has 0 saturated carbocycles. The Kier molecular flexibility index (Phi) is 4.51. The lowest BCUT2D eigenvalue weighted by Crippen LogP contribution is -1.86. The molecule has 0 radical (unpaired) electrons. The highest BCUT2D eigenvalue weighted by Crippen LogP contribution is 2.13. The fraction of sp³-hybridized carbons (Fsp3) is 0.667. The smallest absolute Gasteiger partial charge is 0.0345 e. The maximum Gasteiger partial charge on any atom is 0.0345 e. The van der Waals surface area contributed by atoms with E-state index < -0.39 is 0 Å². The highest BCUT2D eigenvalue weighted by atomic mass is 31.1. The molecule has 0 bridgehead atoms. The number of aliphatic imine (C=N–C) groups is 2. The maximum absolute atomic E-state index is 4.02. The molecule has 0 aromatic carbocycles. The van der Waals surface area contributed by atoms with Gasteiger partial charge in [0.15, 0.2) is 0 Å². The van der Waals surface area contributed by atoms with Crippen LogP contribution >= 0.6 is 8.58 Å². The molecular weight excluding hydrogens is 131 g/mol. The van der Waals surface area contributed by atoms with E-state index in [-0.39, 0.29) is 0 Å². The fourth-order valence-corrected chi connectivity index (χ4v) is 1.12. The molecule has 0 rings (SSSR count). The summed E-state index contributed by atoms with van der Waals surface area (Å²) < 4.78 is 0. The Morgan fingerprint density at radius 1 is 1.00 bits per heavy atom.